The maximum atomic E-state index is 13.7. The molecule has 2 amide bonds. The number of nitrogens with zero attached hydrogens (tertiary/aromatic N) is 1. The van der Waals surface area contributed by atoms with Crippen LogP contribution in [0.5, 0.6) is 0 Å². The van der Waals surface area contributed by atoms with E-state index in [-0.39, 0.29) is 36.4 Å². The van der Waals surface area contributed by atoms with Gasteiger partial charge >= 0.3 is 0 Å². The van der Waals surface area contributed by atoms with E-state index in [0.717, 1.165) is 0 Å². The summed E-state index contributed by atoms with van der Waals surface area (Å²) in [5.41, 5.74) is 3.45. The smallest absolute Gasteiger partial charge is 0.256 e. The Morgan fingerprint density at radius 3 is 2.71 bits per heavy atom. The Balaban J connectivity index is 1.44. The van der Waals surface area contributed by atoms with E-state index in [1.807, 2.05) is 4.90 Å². The number of hydrogen-bond acceptors (Lipinski definition) is 6. The predicted octanol–water partition coefficient (Wildman–Crippen LogP) is 1.08. The second-order valence-electron chi connectivity index (χ2n) is 8.68. The van der Waals surface area contributed by atoms with Gasteiger partial charge in [-0.1, -0.05) is 0 Å². The van der Waals surface area contributed by atoms with Crippen molar-refractivity contribution in [3.8, 4) is 0 Å². The monoisotopic (exact) mass is 490 g/mol. The van der Waals surface area contributed by atoms with Gasteiger partial charge in [-0.25, -0.2) is 12.8 Å². The number of carbonyl (C=O) groups is 2. The van der Waals surface area contributed by atoms with Crippen molar-refractivity contribution >= 4 is 39.0 Å². The standard InChI is InChI=1S/C23H27FN4O5S/c1-13-20(10-18-17-9-15(24)3-4-19(17)27-22(18)30)26-14(2)21(13)23(31)25-11-16(29)12-28-5-7-34(32,33)8-6-28/h3-4,9-10,16,26,29H,5-8,11-12H2,1-2H3,(H,25,31)(H,27,30)/b18-10-/t16-/m0/s1. The van der Waals surface area contributed by atoms with Crippen LogP contribution >= 0.6 is 0 Å². The highest BCUT2D eigenvalue weighted by molar-refractivity contribution is 7.91. The summed E-state index contributed by atoms with van der Waals surface area (Å²) in [6.45, 7) is 4.48. The summed E-state index contributed by atoms with van der Waals surface area (Å²) in [7, 11) is -3.00. The fourth-order valence-electron chi connectivity index (χ4n) is 4.30. The summed E-state index contributed by atoms with van der Waals surface area (Å²) >= 11 is 0. The fraction of sp³-hybridized carbons (Fsp3) is 0.391. The van der Waals surface area contributed by atoms with Crippen LogP contribution in [0.3, 0.4) is 0 Å². The Morgan fingerprint density at radius 1 is 1.29 bits per heavy atom. The minimum absolute atomic E-state index is 0.0115. The van der Waals surface area contributed by atoms with Crippen LogP contribution < -0.4 is 10.6 Å². The number of fused-ring (bicyclic) bond motifs is 1. The first-order chi connectivity index (χ1) is 16.0. The average molecular weight is 491 g/mol. The third-order valence-corrected chi connectivity index (χ3v) is 7.77. The maximum Gasteiger partial charge on any atom is 0.256 e. The highest BCUT2D eigenvalue weighted by Gasteiger charge is 2.27. The van der Waals surface area contributed by atoms with E-state index in [1.165, 1.54) is 18.2 Å². The van der Waals surface area contributed by atoms with Crippen LogP contribution in [0.1, 0.15) is 32.9 Å². The number of aryl methyl sites for hydroxylation is 1. The topological polar surface area (TPSA) is 132 Å². The number of β-amino-alcohol motifs (C(OH)–C–C–N with tert-alkyl or cyclic N) is 1. The van der Waals surface area contributed by atoms with E-state index in [4.69, 9.17) is 0 Å². The molecule has 1 saturated heterocycles. The lowest BCUT2D eigenvalue weighted by Crippen LogP contribution is -2.46. The summed E-state index contributed by atoms with van der Waals surface area (Å²) in [5.74, 6) is -1.04. The van der Waals surface area contributed by atoms with Gasteiger partial charge < -0.3 is 20.7 Å². The van der Waals surface area contributed by atoms with E-state index in [0.29, 0.717) is 52.4 Å². The molecule has 0 aliphatic carbocycles. The summed E-state index contributed by atoms with van der Waals surface area (Å²) in [6, 6.07) is 4.07. The van der Waals surface area contributed by atoms with Gasteiger partial charge in [0, 0.05) is 48.8 Å². The van der Waals surface area contributed by atoms with Crippen molar-refractivity contribution < 1.29 is 27.5 Å². The van der Waals surface area contributed by atoms with E-state index in [2.05, 4.69) is 15.6 Å². The highest BCUT2D eigenvalue weighted by Crippen LogP contribution is 2.34. The normalized spacial score (nSPS) is 19.6. The first-order valence-electron chi connectivity index (χ1n) is 11.0. The Kier molecular flexibility index (Phi) is 6.61. The van der Waals surface area contributed by atoms with Crippen LogP contribution in [0.4, 0.5) is 10.1 Å². The number of amides is 2. The number of aliphatic hydroxyl groups excluding tert-OH is 1. The van der Waals surface area contributed by atoms with Gasteiger partial charge in [-0.05, 0) is 43.7 Å². The molecule has 0 bridgehead atoms. The number of aromatic amines is 1. The molecular formula is C23H27FN4O5S. The number of halogens is 1. The summed E-state index contributed by atoms with van der Waals surface area (Å²) in [4.78, 5) is 30.2. The molecule has 1 atom stereocenters. The largest absolute Gasteiger partial charge is 0.390 e. The van der Waals surface area contributed by atoms with Crippen LogP contribution in [-0.4, -0.2) is 79.0 Å². The highest BCUT2D eigenvalue weighted by atomic mass is 32.2. The zero-order valence-electron chi connectivity index (χ0n) is 18.9. The van der Waals surface area contributed by atoms with E-state index in [9.17, 15) is 27.5 Å². The minimum Gasteiger partial charge on any atom is -0.390 e. The Bertz CT molecular complexity index is 1270. The molecule has 2 aliphatic heterocycles. The van der Waals surface area contributed by atoms with Crippen LogP contribution in [0.25, 0.3) is 11.6 Å². The zero-order chi connectivity index (χ0) is 24.6. The van der Waals surface area contributed by atoms with Crippen molar-refractivity contribution in [1.82, 2.24) is 15.2 Å². The number of hydrogen-bond donors (Lipinski definition) is 4. The number of sulfone groups is 1. The molecule has 1 fully saturated rings. The van der Waals surface area contributed by atoms with Gasteiger partial charge in [-0.3, -0.25) is 14.5 Å². The molecule has 3 heterocycles. The van der Waals surface area contributed by atoms with Crippen molar-refractivity contribution in [2.45, 2.75) is 20.0 Å². The van der Waals surface area contributed by atoms with Crippen molar-refractivity contribution in [2.75, 3.05) is 43.0 Å². The predicted molar refractivity (Wildman–Crippen MR) is 127 cm³/mol. The van der Waals surface area contributed by atoms with Gasteiger partial charge in [0.05, 0.1) is 28.7 Å². The number of benzene rings is 1. The van der Waals surface area contributed by atoms with Gasteiger partial charge in [0.15, 0.2) is 9.84 Å². The molecule has 2 aliphatic rings. The number of H-pyrrole nitrogens is 1. The maximum absolute atomic E-state index is 13.7. The van der Waals surface area contributed by atoms with Crippen LogP contribution in [0, 0.1) is 19.7 Å². The second kappa shape index (κ2) is 9.32. The van der Waals surface area contributed by atoms with Crippen molar-refractivity contribution in [3.63, 3.8) is 0 Å². The number of carbonyl (C=O) groups excluding carboxylic acids is 2. The number of rotatable bonds is 6. The Hall–Kier alpha value is -3.02. The first kappa shape index (κ1) is 24.1. The molecule has 0 radical (unpaired) electrons. The molecule has 182 valence electrons. The van der Waals surface area contributed by atoms with E-state index in [1.54, 1.807) is 19.9 Å². The van der Waals surface area contributed by atoms with E-state index < -0.39 is 21.8 Å². The van der Waals surface area contributed by atoms with Gasteiger partial charge in [0.25, 0.3) is 11.8 Å². The number of aromatic nitrogens is 1. The first-order valence-corrected chi connectivity index (χ1v) is 12.8. The fourth-order valence-corrected chi connectivity index (χ4v) is 5.58. The lowest BCUT2D eigenvalue weighted by atomic mass is 10.0. The third kappa shape index (κ3) is 5.06. The molecule has 9 nitrogen and oxygen atoms in total. The number of aliphatic hydroxyl groups is 1. The third-order valence-electron chi connectivity index (χ3n) is 6.16. The van der Waals surface area contributed by atoms with Gasteiger partial charge in [-0.2, -0.15) is 0 Å². The Morgan fingerprint density at radius 2 is 2.00 bits per heavy atom. The number of nitrogens with one attached hydrogen (secondary N) is 3. The molecular weight excluding hydrogens is 463 g/mol. The molecule has 0 unspecified atom stereocenters. The SMILES string of the molecule is Cc1[nH]c(/C=C2\C(=O)Nc3ccc(F)cc32)c(C)c1C(=O)NC[C@H](O)CN1CCS(=O)(=O)CC1. The summed E-state index contributed by atoms with van der Waals surface area (Å²) in [6.07, 6.45) is 0.748. The van der Waals surface area contributed by atoms with Crippen LogP contribution in [0.15, 0.2) is 18.2 Å². The lowest BCUT2D eigenvalue weighted by molar-refractivity contribution is -0.110. The second-order valence-corrected chi connectivity index (χ2v) is 11.0. The van der Waals surface area contributed by atoms with Crippen LogP contribution in [-0.2, 0) is 14.6 Å². The van der Waals surface area contributed by atoms with E-state index >= 15 is 0 Å². The molecule has 1 aromatic heterocycles. The molecule has 2 aromatic rings. The molecule has 11 heteroatoms. The van der Waals surface area contributed by atoms with Crippen molar-refractivity contribution in [2.24, 2.45) is 0 Å². The molecule has 4 N–H and O–H groups in total. The zero-order valence-corrected chi connectivity index (χ0v) is 19.8. The molecule has 34 heavy (non-hydrogen) atoms. The molecule has 0 saturated carbocycles. The van der Waals surface area contributed by atoms with Crippen molar-refractivity contribution in [3.05, 3.63) is 52.1 Å². The number of anilines is 1. The van der Waals surface area contributed by atoms with Gasteiger partial charge in [-0.15, -0.1) is 0 Å². The van der Waals surface area contributed by atoms with Gasteiger partial charge in [0.2, 0.25) is 0 Å². The molecule has 1 aromatic carbocycles. The quantitative estimate of drug-likeness (QED) is 0.448. The molecule has 4 rings (SSSR count). The Labute approximate surface area is 197 Å². The lowest BCUT2D eigenvalue weighted by Gasteiger charge is -2.28. The average Bonchev–Trinajstić information content (AvgIpc) is 3.23. The van der Waals surface area contributed by atoms with Gasteiger partial charge in [0.1, 0.15) is 5.82 Å². The summed E-state index contributed by atoms with van der Waals surface area (Å²) < 4.78 is 36.8. The minimum atomic E-state index is -3.00. The molecule has 0 spiro atoms. The van der Waals surface area contributed by atoms with Crippen LogP contribution in [0.2, 0.25) is 0 Å². The summed E-state index contributed by atoms with van der Waals surface area (Å²) in [5, 5.41) is 15.7. The van der Waals surface area contributed by atoms with Crippen molar-refractivity contribution in [1.29, 1.82) is 0 Å².